The van der Waals surface area contributed by atoms with Crippen LogP contribution in [0, 0.1) is 6.92 Å². The van der Waals surface area contributed by atoms with Gasteiger partial charge in [-0.15, -0.1) is 0 Å². The van der Waals surface area contributed by atoms with E-state index in [1.54, 1.807) is 0 Å². The molecule has 0 unspecified atom stereocenters. The number of hydrogen-bond donors (Lipinski definition) is 0. The third-order valence-corrected chi connectivity index (χ3v) is 2.82. The molecule has 0 fully saturated rings. The standard InChI is InChI=1S/C11H6Cl2N2O/c1-5-2-3-7-6(4-5)8-9(16-7)10(12)15-11(13)14-8/h2-4H,1H3. The smallest absolute Gasteiger partial charge is 0.224 e. The average Bonchev–Trinajstić information content (AvgIpc) is 2.57. The molecule has 0 saturated carbocycles. The van der Waals surface area contributed by atoms with Gasteiger partial charge in [0.05, 0.1) is 0 Å². The van der Waals surface area contributed by atoms with Crippen LogP contribution in [0.25, 0.3) is 22.1 Å². The monoisotopic (exact) mass is 252 g/mol. The van der Waals surface area contributed by atoms with E-state index >= 15 is 0 Å². The maximum absolute atomic E-state index is 5.94. The van der Waals surface area contributed by atoms with Crippen molar-refractivity contribution in [2.75, 3.05) is 0 Å². The second-order valence-electron chi connectivity index (χ2n) is 3.56. The van der Waals surface area contributed by atoms with Gasteiger partial charge in [0.2, 0.25) is 5.28 Å². The average molecular weight is 253 g/mol. The van der Waals surface area contributed by atoms with Crippen LogP contribution in [0.4, 0.5) is 0 Å². The first-order chi connectivity index (χ1) is 7.65. The molecule has 0 spiro atoms. The molecule has 5 heteroatoms. The van der Waals surface area contributed by atoms with Crippen LogP contribution in [0.15, 0.2) is 22.6 Å². The lowest BCUT2D eigenvalue weighted by Crippen LogP contribution is -1.83. The third kappa shape index (κ3) is 1.36. The molecular formula is C11H6Cl2N2O. The highest BCUT2D eigenvalue weighted by atomic mass is 35.5. The molecule has 0 radical (unpaired) electrons. The first-order valence-corrected chi connectivity index (χ1v) is 5.42. The van der Waals surface area contributed by atoms with Crippen LogP contribution in [-0.2, 0) is 0 Å². The highest BCUT2D eigenvalue weighted by molar-refractivity contribution is 6.36. The molecule has 0 N–H and O–H groups in total. The van der Waals surface area contributed by atoms with E-state index in [1.807, 2.05) is 25.1 Å². The van der Waals surface area contributed by atoms with Crippen molar-refractivity contribution in [1.82, 2.24) is 9.97 Å². The summed E-state index contributed by atoms with van der Waals surface area (Å²) in [5.74, 6) is 0. The fraction of sp³-hybridized carbons (Fsp3) is 0.0909. The van der Waals surface area contributed by atoms with Gasteiger partial charge in [-0.3, -0.25) is 0 Å². The van der Waals surface area contributed by atoms with E-state index < -0.39 is 0 Å². The Balaban J connectivity index is 2.57. The van der Waals surface area contributed by atoms with Gasteiger partial charge in [0, 0.05) is 5.39 Å². The van der Waals surface area contributed by atoms with Crippen LogP contribution in [0.2, 0.25) is 10.4 Å². The molecule has 80 valence electrons. The summed E-state index contributed by atoms with van der Waals surface area (Å²) in [5, 5.41) is 1.27. The molecule has 0 aliphatic heterocycles. The van der Waals surface area contributed by atoms with Crippen molar-refractivity contribution < 1.29 is 4.42 Å². The van der Waals surface area contributed by atoms with Crippen LogP contribution >= 0.6 is 23.2 Å². The summed E-state index contributed by atoms with van der Waals surface area (Å²) in [6.07, 6.45) is 0. The van der Waals surface area contributed by atoms with Gasteiger partial charge in [0.1, 0.15) is 11.1 Å². The fourth-order valence-corrected chi connectivity index (χ4v) is 2.12. The molecule has 3 nitrogen and oxygen atoms in total. The Labute approximate surface area is 101 Å². The molecule has 0 amide bonds. The molecule has 3 aromatic rings. The Morgan fingerprint density at radius 1 is 1.19 bits per heavy atom. The topological polar surface area (TPSA) is 38.9 Å². The van der Waals surface area contributed by atoms with Crippen molar-refractivity contribution in [2.24, 2.45) is 0 Å². The van der Waals surface area contributed by atoms with Gasteiger partial charge in [0.15, 0.2) is 10.7 Å². The highest BCUT2D eigenvalue weighted by Crippen LogP contribution is 2.32. The Kier molecular flexibility index (Phi) is 2.06. The maximum Gasteiger partial charge on any atom is 0.224 e. The SMILES string of the molecule is Cc1ccc2oc3c(Cl)nc(Cl)nc3c2c1. The van der Waals surface area contributed by atoms with Crippen molar-refractivity contribution in [1.29, 1.82) is 0 Å². The number of aromatic nitrogens is 2. The number of halogens is 2. The summed E-state index contributed by atoms with van der Waals surface area (Å²) in [7, 11) is 0. The predicted octanol–water partition coefficient (Wildman–Crippen LogP) is 3.99. The Hall–Kier alpha value is -1.32. The van der Waals surface area contributed by atoms with Gasteiger partial charge >= 0.3 is 0 Å². The summed E-state index contributed by atoms with van der Waals surface area (Å²) in [6, 6.07) is 5.84. The number of aryl methyl sites for hydroxylation is 1. The number of rotatable bonds is 0. The number of nitrogens with zero attached hydrogens (tertiary/aromatic N) is 2. The first-order valence-electron chi connectivity index (χ1n) is 4.67. The van der Waals surface area contributed by atoms with Crippen molar-refractivity contribution in [3.05, 3.63) is 34.2 Å². The minimum Gasteiger partial charge on any atom is -0.451 e. The first kappa shape index (κ1) is 9.87. The second kappa shape index (κ2) is 3.34. The summed E-state index contributed by atoms with van der Waals surface area (Å²) < 4.78 is 5.58. The summed E-state index contributed by atoms with van der Waals surface area (Å²) >= 11 is 11.7. The van der Waals surface area contributed by atoms with Crippen molar-refractivity contribution in [3.8, 4) is 0 Å². The molecule has 2 aromatic heterocycles. The lowest BCUT2D eigenvalue weighted by atomic mass is 10.2. The summed E-state index contributed by atoms with van der Waals surface area (Å²) in [6.45, 7) is 2.00. The largest absolute Gasteiger partial charge is 0.451 e. The summed E-state index contributed by atoms with van der Waals surface area (Å²) in [4.78, 5) is 7.99. The van der Waals surface area contributed by atoms with Crippen molar-refractivity contribution in [2.45, 2.75) is 6.92 Å². The molecule has 1 aromatic carbocycles. The Bertz CT molecular complexity index is 706. The lowest BCUT2D eigenvalue weighted by Gasteiger charge is -1.92. The zero-order valence-electron chi connectivity index (χ0n) is 8.29. The van der Waals surface area contributed by atoms with E-state index in [4.69, 9.17) is 27.6 Å². The van der Waals surface area contributed by atoms with Crippen LogP contribution in [0.5, 0.6) is 0 Å². The molecule has 0 saturated heterocycles. The van der Waals surface area contributed by atoms with Gasteiger partial charge in [0.25, 0.3) is 0 Å². The predicted molar refractivity (Wildman–Crippen MR) is 64.1 cm³/mol. The lowest BCUT2D eigenvalue weighted by molar-refractivity contribution is 0.666. The quantitative estimate of drug-likeness (QED) is 0.449. The van der Waals surface area contributed by atoms with E-state index in [0.29, 0.717) is 11.1 Å². The van der Waals surface area contributed by atoms with Gasteiger partial charge in [-0.1, -0.05) is 23.2 Å². The zero-order valence-corrected chi connectivity index (χ0v) is 9.80. The minimum atomic E-state index is 0.127. The second-order valence-corrected chi connectivity index (χ2v) is 4.26. The number of fused-ring (bicyclic) bond motifs is 3. The van der Waals surface area contributed by atoms with Gasteiger partial charge in [-0.2, -0.15) is 0 Å². The zero-order chi connectivity index (χ0) is 11.3. The van der Waals surface area contributed by atoms with Gasteiger partial charge in [-0.05, 0) is 30.7 Å². The normalized spacial score (nSPS) is 11.4. The van der Waals surface area contributed by atoms with Gasteiger partial charge in [-0.25, -0.2) is 9.97 Å². The van der Waals surface area contributed by atoms with Crippen molar-refractivity contribution >= 4 is 45.3 Å². The molecule has 3 rings (SSSR count). The van der Waals surface area contributed by atoms with E-state index in [-0.39, 0.29) is 10.4 Å². The van der Waals surface area contributed by atoms with Crippen LogP contribution in [0.3, 0.4) is 0 Å². The van der Waals surface area contributed by atoms with Crippen LogP contribution in [-0.4, -0.2) is 9.97 Å². The molecule has 2 heterocycles. The minimum absolute atomic E-state index is 0.127. The van der Waals surface area contributed by atoms with E-state index in [0.717, 1.165) is 16.5 Å². The summed E-state index contributed by atoms with van der Waals surface area (Å²) in [5.41, 5.74) is 3.00. The molecule has 0 atom stereocenters. The molecular weight excluding hydrogens is 247 g/mol. The number of furan rings is 1. The Morgan fingerprint density at radius 3 is 2.81 bits per heavy atom. The van der Waals surface area contributed by atoms with E-state index in [1.165, 1.54) is 0 Å². The fourth-order valence-electron chi connectivity index (χ4n) is 1.70. The Morgan fingerprint density at radius 2 is 2.00 bits per heavy atom. The molecule has 0 bridgehead atoms. The number of hydrogen-bond acceptors (Lipinski definition) is 3. The highest BCUT2D eigenvalue weighted by Gasteiger charge is 2.13. The van der Waals surface area contributed by atoms with Crippen LogP contribution < -0.4 is 0 Å². The molecule has 0 aliphatic carbocycles. The van der Waals surface area contributed by atoms with Gasteiger partial charge < -0.3 is 4.42 Å². The van der Waals surface area contributed by atoms with E-state index in [9.17, 15) is 0 Å². The van der Waals surface area contributed by atoms with E-state index in [2.05, 4.69) is 9.97 Å². The molecule has 0 aliphatic rings. The molecule has 16 heavy (non-hydrogen) atoms. The van der Waals surface area contributed by atoms with Crippen molar-refractivity contribution in [3.63, 3.8) is 0 Å². The third-order valence-electron chi connectivity index (χ3n) is 2.40. The number of benzene rings is 1. The van der Waals surface area contributed by atoms with Crippen LogP contribution in [0.1, 0.15) is 5.56 Å². The maximum atomic E-state index is 5.94.